The van der Waals surface area contributed by atoms with Crippen molar-refractivity contribution < 1.29 is 8.42 Å². The zero-order valence-corrected chi connectivity index (χ0v) is 12.5. The van der Waals surface area contributed by atoms with Gasteiger partial charge in [-0.2, -0.15) is 0 Å². The Bertz CT molecular complexity index is 533. The van der Waals surface area contributed by atoms with Gasteiger partial charge in [0.2, 0.25) is 10.0 Å². The third-order valence-electron chi connectivity index (χ3n) is 3.24. The molecule has 19 heavy (non-hydrogen) atoms. The van der Waals surface area contributed by atoms with Gasteiger partial charge in [0, 0.05) is 24.2 Å². The minimum atomic E-state index is -3.13. The molecule has 1 heterocycles. The number of nitrogens with zero attached hydrogens (tertiary/aromatic N) is 1. The SMILES string of the molecule is CS(=O)(=O)NC1CCCN(Cc2ccccc2Cl)C1. The second kappa shape index (κ2) is 6.22. The Balaban J connectivity index is 1.96. The molecule has 106 valence electrons. The summed E-state index contributed by atoms with van der Waals surface area (Å²) in [5.41, 5.74) is 1.09. The van der Waals surface area contributed by atoms with E-state index in [0.717, 1.165) is 43.1 Å². The molecule has 0 radical (unpaired) electrons. The first-order valence-corrected chi connectivity index (χ1v) is 8.64. The highest BCUT2D eigenvalue weighted by molar-refractivity contribution is 7.88. The maximum Gasteiger partial charge on any atom is 0.208 e. The minimum Gasteiger partial charge on any atom is -0.297 e. The summed E-state index contributed by atoms with van der Waals surface area (Å²) in [4.78, 5) is 2.24. The monoisotopic (exact) mass is 302 g/mol. The van der Waals surface area contributed by atoms with Gasteiger partial charge >= 0.3 is 0 Å². The maximum atomic E-state index is 11.3. The molecule has 1 aromatic carbocycles. The van der Waals surface area contributed by atoms with E-state index in [1.165, 1.54) is 6.26 Å². The fourth-order valence-corrected chi connectivity index (χ4v) is 3.46. The highest BCUT2D eigenvalue weighted by atomic mass is 35.5. The molecule has 0 aliphatic carbocycles. The van der Waals surface area contributed by atoms with Crippen molar-refractivity contribution in [3.63, 3.8) is 0 Å². The first kappa shape index (κ1) is 14.8. The van der Waals surface area contributed by atoms with E-state index in [4.69, 9.17) is 11.6 Å². The zero-order chi connectivity index (χ0) is 13.9. The van der Waals surface area contributed by atoms with Crippen molar-refractivity contribution in [3.8, 4) is 0 Å². The Labute approximate surface area is 119 Å². The highest BCUT2D eigenvalue weighted by Crippen LogP contribution is 2.19. The van der Waals surface area contributed by atoms with E-state index < -0.39 is 10.0 Å². The van der Waals surface area contributed by atoms with Gasteiger partial charge < -0.3 is 0 Å². The number of rotatable bonds is 4. The molecule has 1 aliphatic heterocycles. The largest absolute Gasteiger partial charge is 0.297 e. The van der Waals surface area contributed by atoms with Crippen molar-refractivity contribution in [3.05, 3.63) is 34.9 Å². The summed E-state index contributed by atoms with van der Waals surface area (Å²) in [5, 5.41) is 0.765. The second-order valence-corrected chi connectivity index (χ2v) is 7.24. The standard InChI is InChI=1S/C13H19ClN2O2S/c1-19(17,18)15-12-6-4-8-16(10-12)9-11-5-2-3-7-13(11)14/h2-3,5,7,12,15H,4,6,8-10H2,1H3. The third kappa shape index (κ3) is 4.76. The summed E-state index contributed by atoms with van der Waals surface area (Å²) in [6.45, 7) is 2.48. The Kier molecular flexibility index (Phi) is 4.84. The molecular formula is C13H19ClN2O2S. The molecule has 0 bridgehead atoms. The van der Waals surface area contributed by atoms with E-state index in [2.05, 4.69) is 9.62 Å². The number of hydrogen-bond donors (Lipinski definition) is 1. The predicted molar refractivity (Wildman–Crippen MR) is 77.7 cm³/mol. The van der Waals surface area contributed by atoms with Crippen LogP contribution < -0.4 is 4.72 Å². The summed E-state index contributed by atoms with van der Waals surface area (Å²) in [6.07, 6.45) is 3.10. The molecule has 0 spiro atoms. The first-order chi connectivity index (χ1) is 8.94. The van der Waals surface area contributed by atoms with Crippen LogP contribution in [0.15, 0.2) is 24.3 Å². The number of nitrogens with one attached hydrogen (secondary N) is 1. The molecule has 0 saturated carbocycles. The van der Waals surface area contributed by atoms with E-state index in [1.807, 2.05) is 24.3 Å². The first-order valence-electron chi connectivity index (χ1n) is 6.37. The lowest BCUT2D eigenvalue weighted by Crippen LogP contribution is -2.47. The lowest BCUT2D eigenvalue weighted by atomic mass is 10.1. The van der Waals surface area contributed by atoms with Gasteiger partial charge in [-0.25, -0.2) is 13.1 Å². The summed E-state index contributed by atoms with van der Waals surface area (Å²) in [5.74, 6) is 0. The Hall–Kier alpha value is -0.620. The van der Waals surface area contributed by atoms with Gasteiger partial charge in [0.1, 0.15) is 0 Å². The molecule has 1 aromatic rings. The van der Waals surface area contributed by atoms with E-state index in [1.54, 1.807) is 0 Å². The number of halogens is 1. The average Bonchev–Trinajstić information content (AvgIpc) is 2.30. The van der Waals surface area contributed by atoms with Crippen molar-refractivity contribution in [2.75, 3.05) is 19.3 Å². The molecule has 1 atom stereocenters. The molecule has 0 aromatic heterocycles. The fourth-order valence-electron chi connectivity index (χ4n) is 2.47. The van der Waals surface area contributed by atoms with Gasteiger partial charge in [0.05, 0.1) is 6.26 Å². The van der Waals surface area contributed by atoms with Crippen molar-refractivity contribution >= 4 is 21.6 Å². The smallest absolute Gasteiger partial charge is 0.208 e. The Morgan fingerprint density at radius 3 is 2.84 bits per heavy atom. The van der Waals surface area contributed by atoms with Crippen LogP contribution in [0.2, 0.25) is 5.02 Å². The average molecular weight is 303 g/mol. The maximum absolute atomic E-state index is 11.3. The van der Waals surface area contributed by atoms with Crippen LogP contribution in [0.4, 0.5) is 0 Å². The highest BCUT2D eigenvalue weighted by Gasteiger charge is 2.22. The van der Waals surface area contributed by atoms with Crippen molar-refractivity contribution in [2.24, 2.45) is 0 Å². The van der Waals surface area contributed by atoms with Gasteiger partial charge in [-0.05, 0) is 31.0 Å². The Morgan fingerprint density at radius 1 is 1.42 bits per heavy atom. The normalized spacial score (nSPS) is 21.5. The van der Waals surface area contributed by atoms with Crippen LogP contribution >= 0.6 is 11.6 Å². The summed E-state index contributed by atoms with van der Waals surface area (Å²) in [6, 6.07) is 7.78. The van der Waals surface area contributed by atoms with Gasteiger partial charge in [-0.1, -0.05) is 29.8 Å². The second-order valence-electron chi connectivity index (χ2n) is 5.06. The molecule has 4 nitrogen and oxygen atoms in total. The predicted octanol–water partition coefficient (Wildman–Crippen LogP) is 1.85. The molecule has 1 N–H and O–H groups in total. The molecule has 6 heteroatoms. The summed E-state index contributed by atoms with van der Waals surface area (Å²) in [7, 11) is -3.13. The number of likely N-dealkylation sites (tertiary alicyclic amines) is 1. The van der Waals surface area contributed by atoms with E-state index in [0.29, 0.717) is 0 Å². The van der Waals surface area contributed by atoms with Crippen LogP contribution in [0.3, 0.4) is 0 Å². The molecule has 0 amide bonds. The van der Waals surface area contributed by atoms with Crippen molar-refractivity contribution in [2.45, 2.75) is 25.4 Å². The van der Waals surface area contributed by atoms with Crippen LogP contribution in [-0.4, -0.2) is 38.7 Å². The van der Waals surface area contributed by atoms with Crippen LogP contribution in [0.1, 0.15) is 18.4 Å². The number of sulfonamides is 1. The quantitative estimate of drug-likeness (QED) is 0.923. The zero-order valence-electron chi connectivity index (χ0n) is 11.0. The fraction of sp³-hybridized carbons (Fsp3) is 0.538. The number of hydrogen-bond acceptors (Lipinski definition) is 3. The van der Waals surface area contributed by atoms with E-state index in [9.17, 15) is 8.42 Å². The number of piperidine rings is 1. The molecular weight excluding hydrogens is 284 g/mol. The van der Waals surface area contributed by atoms with E-state index >= 15 is 0 Å². The molecule has 1 saturated heterocycles. The molecule has 2 rings (SSSR count). The lowest BCUT2D eigenvalue weighted by molar-refractivity contribution is 0.194. The molecule has 1 unspecified atom stereocenters. The lowest BCUT2D eigenvalue weighted by Gasteiger charge is -2.32. The molecule has 1 fully saturated rings. The van der Waals surface area contributed by atoms with Crippen molar-refractivity contribution in [1.82, 2.24) is 9.62 Å². The third-order valence-corrected chi connectivity index (χ3v) is 4.37. The van der Waals surface area contributed by atoms with E-state index in [-0.39, 0.29) is 6.04 Å². The van der Waals surface area contributed by atoms with Gasteiger partial charge in [-0.3, -0.25) is 4.90 Å². The van der Waals surface area contributed by atoms with Crippen LogP contribution in [-0.2, 0) is 16.6 Å². The Morgan fingerprint density at radius 2 is 2.16 bits per heavy atom. The van der Waals surface area contributed by atoms with Gasteiger partial charge in [-0.15, -0.1) is 0 Å². The van der Waals surface area contributed by atoms with Crippen LogP contribution in [0.25, 0.3) is 0 Å². The minimum absolute atomic E-state index is 0.00578. The summed E-state index contributed by atoms with van der Waals surface area (Å²) < 4.78 is 25.2. The van der Waals surface area contributed by atoms with Crippen molar-refractivity contribution in [1.29, 1.82) is 0 Å². The molecule has 1 aliphatic rings. The van der Waals surface area contributed by atoms with Gasteiger partial charge in [0.25, 0.3) is 0 Å². The summed E-state index contributed by atoms with van der Waals surface area (Å²) >= 11 is 6.15. The number of benzene rings is 1. The van der Waals surface area contributed by atoms with Gasteiger partial charge in [0.15, 0.2) is 0 Å². The van der Waals surface area contributed by atoms with Crippen LogP contribution in [0.5, 0.6) is 0 Å². The van der Waals surface area contributed by atoms with Crippen LogP contribution in [0, 0.1) is 0 Å². The topological polar surface area (TPSA) is 49.4 Å².